The van der Waals surface area contributed by atoms with Crippen LogP contribution in [-0.4, -0.2) is 30.1 Å². The van der Waals surface area contributed by atoms with Crippen LogP contribution in [0.1, 0.15) is 25.6 Å². The summed E-state index contributed by atoms with van der Waals surface area (Å²) in [6, 6.07) is 4.86. The molecule has 1 aromatic rings. The lowest BCUT2D eigenvalue weighted by molar-refractivity contribution is 0.213. The van der Waals surface area contributed by atoms with E-state index < -0.39 is 0 Å². The minimum Gasteiger partial charge on any atom is -0.324 e. The van der Waals surface area contributed by atoms with E-state index in [1.807, 2.05) is 11.3 Å². The van der Waals surface area contributed by atoms with Crippen molar-refractivity contribution < 1.29 is 0 Å². The minimum atomic E-state index is -0.113. The summed E-state index contributed by atoms with van der Waals surface area (Å²) >= 11 is 1.83. The SMILES string of the molecule is CC(Cc1cccs1)N(C)CC(C)(C)N. The minimum absolute atomic E-state index is 0.113. The molecule has 0 aliphatic rings. The number of rotatable bonds is 5. The van der Waals surface area contributed by atoms with Gasteiger partial charge in [0.2, 0.25) is 0 Å². The second-order valence-corrected chi connectivity index (χ2v) is 6.07. The van der Waals surface area contributed by atoms with E-state index in [9.17, 15) is 0 Å². The molecular weight excluding hydrogens is 204 g/mol. The van der Waals surface area contributed by atoms with Crippen LogP contribution in [-0.2, 0) is 6.42 Å². The lowest BCUT2D eigenvalue weighted by atomic mass is 10.1. The zero-order valence-corrected chi connectivity index (χ0v) is 11.0. The fourth-order valence-corrected chi connectivity index (χ4v) is 2.50. The van der Waals surface area contributed by atoms with E-state index in [1.54, 1.807) is 0 Å². The van der Waals surface area contributed by atoms with Gasteiger partial charge in [-0.2, -0.15) is 0 Å². The number of nitrogens with two attached hydrogens (primary N) is 1. The number of thiophene rings is 1. The first-order chi connectivity index (χ1) is 6.88. The summed E-state index contributed by atoms with van der Waals surface area (Å²) in [5, 5.41) is 2.13. The molecule has 0 aliphatic carbocycles. The van der Waals surface area contributed by atoms with Crippen LogP contribution < -0.4 is 5.73 Å². The average molecular weight is 226 g/mol. The Balaban J connectivity index is 2.43. The van der Waals surface area contributed by atoms with Crippen LogP contribution in [0.5, 0.6) is 0 Å². The van der Waals surface area contributed by atoms with Crippen LogP contribution in [0.25, 0.3) is 0 Å². The fourth-order valence-electron chi connectivity index (χ4n) is 1.67. The van der Waals surface area contributed by atoms with E-state index in [2.05, 4.69) is 50.2 Å². The summed E-state index contributed by atoms with van der Waals surface area (Å²) in [4.78, 5) is 3.78. The third kappa shape index (κ3) is 4.78. The monoisotopic (exact) mass is 226 g/mol. The summed E-state index contributed by atoms with van der Waals surface area (Å²) in [7, 11) is 2.15. The highest BCUT2D eigenvalue weighted by molar-refractivity contribution is 7.09. The molecule has 1 rings (SSSR count). The van der Waals surface area contributed by atoms with Crippen molar-refractivity contribution in [3.8, 4) is 0 Å². The quantitative estimate of drug-likeness (QED) is 0.835. The molecule has 0 radical (unpaired) electrons. The van der Waals surface area contributed by atoms with Gasteiger partial charge in [0.15, 0.2) is 0 Å². The van der Waals surface area contributed by atoms with Gasteiger partial charge in [0, 0.05) is 23.0 Å². The molecule has 1 aromatic heterocycles. The van der Waals surface area contributed by atoms with Gasteiger partial charge in [-0.15, -0.1) is 11.3 Å². The first kappa shape index (κ1) is 12.7. The molecule has 15 heavy (non-hydrogen) atoms. The zero-order chi connectivity index (χ0) is 11.5. The van der Waals surface area contributed by atoms with Crippen molar-refractivity contribution in [2.45, 2.75) is 38.8 Å². The van der Waals surface area contributed by atoms with Crippen molar-refractivity contribution in [2.24, 2.45) is 5.73 Å². The number of nitrogens with zero attached hydrogens (tertiary/aromatic N) is 1. The van der Waals surface area contributed by atoms with E-state index in [-0.39, 0.29) is 5.54 Å². The number of hydrogen-bond donors (Lipinski definition) is 1. The highest BCUT2D eigenvalue weighted by Crippen LogP contribution is 2.14. The second kappa shape index (κ2) is 5.10. The summed E-state index contributed by atoms with van der Waals surface area (Å²) < 4.78 is 0. The van der Waals surface area contributed by atoms with Gasteiger partial charge in [0.1, 0.15) is 0 Å². The van der Waals surface area contributed by atoms with Gasteiger partial charge < -0.3 is 10.6 Å². The molecular formula is C12H22N2S. The van der Waals surface area contributed by atoms with E-state index in [0.29, 0.717) is 6.04 Å². The molecule has 0 saturated carbocycles. The highest BCUT2D eigenvalue weighted by Gasteiger charge is 2.18. The molecule has 0 spiro atoms. The van der Waals surface area contributed by atoms with Gasteiger partial charge in [-0.3, -0.25) is 0 Å². The standard InChI is InChI=1S/C12H22N2S/c1-10(8-11-6-5-7-15-11)14(4)9-12(2,3)13/h5-7,10H,8-9,13H2,1-4H3. The molecule has 1 unspecified atom stereocenters. The molecule has 2 N–H and O–H groups in total. The Morgan fingerprint density at radius 1 is 1.53 bits per heavy atom. The van der Waals surface area contributed by atoms with E-state index in [4.69, 9.17) is 5.73 Å². The smallest absolute Gasteiger partial charge is 0.0226 e. The molecule has 0 fully saturated rings. The first-order valence-corrected chi connectivity index (χ1v) is 6.28. The van der Waals surface area contributed by atoms with Gasteiger partial charge in [0.25, 0.3) is 0 Å². The molecule has 2 nitrogen and oxygen atoms in total. The Bertz CT molecular complexity index is 274. The Kier molecular flexibility index (Phi) is 4.32. The molecule has 0 bridgehead atoms. The van der Waals surface area contributed by atoms with Gasteiger partial charge in [0.05, 0.1) is 0 Å². The normalized spacial score (nSPS) is 14.5. The molecule has 0 saturated heterocycles. The Morgan fingerprint density at radius 2 is 2.20 bits per heavy atom. The maximum Gasteiger partial charge on any atom is 0.0226 e. The molecule has 1 heterocycles. The van der Waals surface area contributed by atoms with Crippen molar-refractivity contribution in [2.75, 3.05) is 13.6 Å². The third-order valence-electron chi connectivity index (χ3n) is 2.49. The molecule has 0 amide bonds. The molecule has 3 heteroatoms. The van der Waals surface area contributed by atoms with Gasteiger partial charge >= 0.3 is 0 Å². The van der Waals surface area contributed by atoms with Crippen molar-refractivity contribution in [1.29, 1.82) is 0 Å². The largest absolute Gasteiger partial charge is 0.324 e. The number of hydrogen-bond acceptors (Lipinski definition) is 3. The summed E-state index contributed by atoms with van der Waals surface area (Å²) in [5.41, 5.74) is 5.90. The van der Waals surface area contributed by atoms with Crippen LogP contribution in [0.4, 0.5) is 0 Å². The lowest BCUT2D eigenvalue weighted by Crippen LogP contribution is -2.47. The highest BCUT2D eigenvalue weighted by atomic mass is 32.1. The van der Waals surface area contributed by atoms with Crippen LogP contribution >= 0.6 is 11.3 Å². The van der Waals surface area contributed by atoms with E-state index in [1.165, 1.54) is 4.88 Å². The van der Waals surface area contributed by atoms with Crippen LogP contribution in [0.2, 0.25) is 0 Å². The van der Waals surface area contributed by atoms with Gasteiger partial charge in [-0.05, 0) is 45.7 Å². The van der Waals surface area contributed by atoms with Gasteiger partial charge in [-0.25, -0.2) is 0 Å². The Morgan fingerprint density at radius 3 is 2.67 bits per heavy atom. The van der Waals surface area contributed by atoms with Crippen molar-refractivity contribution in [3.05, 3.63) is 22.4 Å². The Hall–Kier alpha value is -0.380. The van der Waals surface area contributed by atoms with Crippen LogP contribution in [0, 0.1) is 0 Å². The molecule has 86 valence electrons. The summed E-state index contributed by atoms with van der Waals surface area (Å²) in [5.74, 6) is 0. The van der Waals surface area contributed by atoms with Gasteiger partial charge in [-0.1, -0.05) is 6.07 Å². The maximum absolute atomic E-state index is 6.01. The zero-order valence-electron chi connectivity index (χ0n) is 10.2. The topological polar surface area (TPSA) is 29.3 Å². The number of likely N-dealkylation sites (N-methyl/N-ethyl adjacent to an activating group) is 1. The molecule has 1 atom stereocenters. The lowest BCUT2D eigenvalue weighted by Gasteiger charge is -2.31. The van der Waals surface area contributed by atoms with Crippen molar-refractivity contribution in [1.82, 2.24) is 4.90 Å². The van der Waals surface area contributed by atoms with E-state index in [0.717, 1.165) is 13.0 Å². The summed E-state index contributed by atoms with van der Waals surface area (Å²) in [6.07, 6.45) is 1.12. The third-order valence-corrected chi connectivity index (χ3v) is 3.38. The molecule has 0 aromatic carbocycles. The molecule has 0 aliphatic heterocycles. The van der Waals surface area contributed by atoms with E-state index >= 15 is 0 Å². The maximum atomic E-state index is 6.01. The van der Waals surface area contributed by atoms with Crippen molar-refractivity contribution in [3.63, 3.8) is 0 Å². The van der Waals surface area contributed by atoms with Crippen molar-refractivity contribution >= 4 is 11.3 Å². The fraction of sp³-hybridized carbons (Fsp3) is 0.667. The second-order valence-electron chi connectivity index (χ2n) is 5.04. The Labute approximate surface area is 97.1 Å². The van der Waals surface area contributed by atoms with Crippen LogP contribution in [0.15, 0.2) is 17.5 Å². The average Bonchev–Trinajstić information content (AvgIpc) is 2.53. The predicted molar refractivity (Wildman–Crippen MR) is 68.4 cm³/mol. The first-order valence-electron chi connectivity index (χ1n) is 5.40. The predicted octanol–water partition coefficient (Wildman–Crippen LogP) is 2.35. The van der Waals surface area contributed by atoms with Crippen LogP contribution in [0.3, 0.4) is 0 Å². The summed E-state index contributed by atoms with van der Waals surface area (Å²) in [6.45, 7) is 7.33.